The van der Waals surface area contributed by atoms with Crippen molar-refractivity contribution >= 4 is 16.6 Å². The molecule has 0 bridgehead atoms. The first kappa shape index (κ1) is 23.3. The lowest BCUT2D eigenvalue weighted by atomic mass is 10.0. The summed E-state index contributed by atoms with van der Waals surface area (Å²) in [6.45, 7) is 5.65. The second-order valence-electron chi connectivity index (χ2n) is 8.78. The number of aromatic nitrogens is 1. The molecule has 0 saturated carbocycles. The van der Waals surface area contributed by atoms with Crippen molar-refractivity contribution in [3.8, 4) is 5.75 Å². The Morgan fingerprint density at radius 2 is 1.76 bits per heavy atom. The Labute approximate surface area is 194 Å². The number of phenolic OH excluding ortho intramolecular Hbond substituents is 1. The van der Waals surface area contributed by atoms with Gasteiger partial charge in [-0.15, -0.1) is 0 Å². The van der Waals surface area contributed by atoms with Gasteiger partial charge in [-0.3, -0.25) is 4.79 Å². The first-order valence-electron chi connectivity index (χ1n) is 11.9. The van der Waals surface area contributed by atoms with Crippen LogP contribution in [0.15, 0.2) is 53.3 Å². The maximum Gasteiger partial charge on any atom is 0.248 e. The number of aromatic hydroxyl groups is 1. The number of rotatable bonds is 10. The Morgan fingerprint density at radius 3 is 2.55 bits per heavy atom. The normalized spacial score (nSPS) is 15.5. The van der Waals surface area contributed by atoms with Gasteiger partial charge in [0.15, 0.2) is 0 Å². The van der Waals surface area contributed by atoms with E-state index in [1.165, 1.54) is 50.0 Å². The maximum atomic E-state index is 11.6. The van der Waals surface area contributed by atoms with E-state index in [1.807, 2.05) is 0 Å². The zero-order valence-corrected chi connectivity index (χ0v) is 19.0. The van der Waals surface area contributed by atoms with Crippen molar-refractivity contribution < 1.29 is 10.2 Å². The Bertz CT molecular complexity index is 1090. The van der Waals surface area contributed by atoms with E-state index in [-0.39, 0.29) is 11.3 Å². The summed E-state index contributed by atoms with van der Waals surface area (Å²) in [6.07, 6.45) is 4.14. The number of H-pyrrole nitrogens is 1. The molecule has 0 spiro atoms. The Kier molecular flexibility index (Phi) is 7.99. The van der Waals surface area contributed by atoms with Crippen LogP contribution in [-0.4, -0.2) is 59.4 Å². The number of phenols is 1. The maximum absolute atomic E-state index is 11.6. The van der Waals surface area contributed by atoms with Crippen LogP contribution < -0.4 is 16.2 Å². The first-order chi connectivity index (χ1) is 16.1. The van der Waals surface area contributed by atoms with Gasteiger partial charge in [-0.2, -0.15) is 0 Å². The fourth-order valence-corrected chi connectivity index (χ4v) is 4.46. The van der Waals surface area contributed by atoms with Gasteiger partial charge in [0.05, 0.1) is 11.6 Å². The monoisotopic (exact) mass is 450 g/mol. The lowest BCUT2D eigenvalue weighted by Crippen LogP contribution is -2.33. The highest BCUT2D eigenvalue weighted by molar-refractivity contribution is 5.87. The Morgan fingerprint density at radius 1 is 0.970 bits per heavy atom. The van der Waals surface area contributed by atoms with Crippen molar-refractivity contribution in [2.24, 2.45) is 0 Å². The third kappa shape index (κ3) is 6.35. The van der Waals surface area contributed by atoms with E-state index in [1.54, 1.807) is 12.1 Å². The summed E-state index contributed by atoms with van der Waals surface area (Å²) in [5.41, 5.74) is 3.13. The van der Waals surface area contributed by atoms with Crippen LogP contribution in [-0.2, 0) is 6.42 Å². The summed E-state index contributed by atoms with van der Waals surface area (Å²) in [5.74, 6) is -0.00367. The van der Waals surface area contributed by atoms with Crippen molar-refractivity contribution in [2.75, 3.05) is 44.6 Å². The lowest BCUT2D eigenvalue weighted by molar-refractivity contribution is 0.176. The number of piperidine rings is 1. The zero-order chi connectivity index (χ0) is 23.0. The number of pyridine rings is 1. The van der Waals surface area contributed by atoms with E-state index in [4.69, 9.17) is 0 Å². The summed E-state index contributed by atoms with van der Waals surface area (Å²) < 4.78 is 0. The zero-order valence-electron chi connectivity index (χ0n) is 19.0. The number of hydrogen-bond donors (Lipinski definition) is 5. The molecule has 33 heavy (non-hydrogen) atoms. The number of aliphatic hydroxyl groups is 1. The van der Waals surface area contributed by atoms with E-state index in [0.717, 1.165) is 31.7 Å². The molecule has 1 fully saturated rings. The van der Waals surface area contributed by atoms with Crippen LogP contribution in [0.5, 0.6) is 5.75 Å². The van der Waals surface area contributed by atoms with Crippen LogP contribution >= 0.6 is 0 Å². The van der Waals surface area contributed by atoms with Crippen molar-refractivity contribution in [3.05, 3.63) is 70.0 Å². The smallest absolute Gasteiger partial charge is 0.248 e. The highest BCUT2D eigenvalue weighted by atomic mass is 16.3. The number of aliphatic hydroxyl groups excluding tert-OH is 1. The predicted octanol–water partition coefficient (Wildman–Crippen LogP) is 3.00. The molecule has 0 unspecified atom stereocenters. The average molecular weight is 451 g/mol. The molecule has 2 aromatic carbocycles. The number of nitrogens with one attached hydrogen (secondary N) is 3. The molecule has 1 saturated heterocycles. The van der Waals surface area contributed by atoms with Gasteiger partial charge >= 0.3 is 0 Å². The molecule has 1 aliphatic heterocycles. The van der Waals surface area contributed by atoms with Crippen LogP contribution in [0.2, 0.25) is 0 Å². The van der Waals surface area contributed by atoms with Gasteiger partial charge in [-0.25, -0.2) is 0 Å². The van der Waals surface area contributed by atoms with Crippen molar-refractivity contribution in [1.82, 2.24) is 15.2 Å². The second-order valence-corrected chi connectivity index (χ2v) is 8.78. The molecule has 5 N–H and O–H groups in total. The van der Waals surface area contributed by atoms with Gasteiger partial charge in [0.25, 0.3) is 0 Å². The molecule has 1 aliphatic rings. The molecule has 0 amide bonds. The molecule has 0 aliphatic carbocycles. The van der Waals surface area contributed by atoms with Crippen molar-refractivity contribution in [1.29, 1.82) is 0 Å². The van der Waals surface area contributed by atoms with Gasteiger partial charge in [0.1, 0.15) is 5.75 Å². The number of aromatic amines is 1. The van der Waals surface area contributed by atoms with Crippen LogP contribution in [0.4, 0.5) is 5.69 Å². The second kappa shape index (κ2) is 11.3. The molecule has 1 aromatic heterocycles. The van der Waals surface area contributed by atoms with Crippen LogP contribution in [0.3, 0.4) is 0 Å². The summed E-state index contributed by atoms with van der Waals surface area (Å²) in [7, 11) is 0. The largest absolute Gasteiger partial charge is 0.506 e. The topological polar surface area (TPSA) is 101 Å². The van der Waals surface area contributed by atoms with Gasteiger partial charge in [0, 0.05) is 36.8 Å². The minimum atomic E-state index is -0.745. The first-order valence-corrected chi connectivity index (χ1v) is 11.9. The fourth-order valence-electron chi connectivity index (χ4n) is 4.46. The van der Waals surface area contributed by atoms with Gasteiger partial charge in [0.2, 0.25) is 5.56 Å². The van der Waals surface area contributed by atoms with Crippen molar-refractivity contribution in [3.63, 3.8) is 0 Å². The lowest BCUT2D eigenvalue weighted by Gasteiger charge is -2.26. The number of likely N-dealkylation sites (tertiary alicyclic amines) is 1. The molecule has 3 aromatic rings. The Balaban J connectivity index is 1.21. The average Bonchev–Trinajstić information content (AvgIpc) is 2.84. The summed E-state index contributed by atoms with van der Waals surface area (Å²) in [5, 5.41) is 28.1. The van der Waals surface area contributed by atoms with E-state index < -0.39 is 6.10 Å². The molecule has 0 radical (unpaired) electrons. The standard InChI is InChI=1S/C26H34N4O3/c31-23-10-8-21(22-9-11-25(33)29-26(22)23)24(32)18-27-13-12-19-4-6-20(7-5-19)28-14-17-30-15-2-1-3-16-30/h4-11,24,27-28,31-32H,1-3,12-18H2,(H,29,33)/t24-/m0/s1. The predicted molar refractivity (Wildman–Crippen MR) is 133 cm³/mol. The summed E-state index contributed by atoms with van der Waals surface area (Å²) in [6, 6.07) is 14.8. The molecular weight excluding hydrogens is 416 g/mol. The third-order valence-electron chi connectivity index (χ3n) is 6.35. The molecule has 2 heterocycles. The van der Waals surface area contributed by atoms with E-state index >= 15 is 0 Å². The van der Waals surface area contributed by atoms with Crippen molar-refractivity contribution in [2.45, 2.75) is 31.8 Å². The molecular formula is C26H34N4O3. The van der Waals surface area contributed by atoms with E-state index in [0.29, 0.717) is 23.0 Å². The fraction of sp³-hybridized carbons (Fsp3) is 0.423. The van der Waals surface area contributed by atoms with Gasteiger partial charge < -0.3 is 30.7 Å². The van der Waals surface area contributed by atoms with Gasteiger partial charge in [-0.1, -0.05) is 24.6 Å². The van der Waals surface area contributed by atoms with Crippen LogP contribution in [0, 0.1) is 0 Å². The van der Waals surface area contributed by atoms with E-state index in [2.05, 4.69) is 44.8 Å². The van der Waals surface area contributed by atoms with Gasteiger partial charge in [-0.05, 0) is 74.3 Å². The number of nitrogens with zero attached hydrogens (tertiary/aromatic N) is 1. The Hall–Kier alpha value is -2.87. The molecule has 7 nitrogen and oxygen atoms in total. The number of benzene rings is 2. The highest BCUT2D eigenvalue weighted by Gasteiger charge is 2.14. The summed E-state index contributed by atoms with van der Waals surface area (Å²) >= 11 is 0. The number of hydrogen-bond acceptors (Lipinski definition) is 6. The minimum absolute atomic E-state index is 0.00367. The van der Waals surface area contributed by atoms with Crippen LogP contribution in [0.1, 0.15) is 36.5 Å². The highest BCUT2D eigenvalue weighted by Crippen LogP contribution is 2.28. The van der Waals surface area contributed by atoms with E-state index in [9.17, 15) is 15.0 Å². The number of anilines is 1. The minimum Gasteiger partial charge on any atom is -0.506 e. The SMILES string of the molecule is O=c1ccc2c([C@@H](O)CNCCc3ccc(NCCN4CCCCC4)cc3)ccc(O)c2[nH]1. The third-order valence-corrected chi connectivity index (χ3v) is 6.35. The molecule has 176 valence electrons. The molecule has 4 rings (SSSR count). The molecule has 1 atom stereocenters. The number of fused-ring (bicyclic) bond motifs is 1. The quantitative estimate of drug-likeness (QED) is 0.305. The van der Waals surface area contributed by atoms with Crippen LogP contribution in [0.25, 0.3) is 10.9 Å². The summed E-state index contributed by atoms with van der Waals surface area (Å²) in [4.78, 5) is 16.7. The molecule has 7 heteroatoms.